The first-order valence-corrected chi connectivity index (χ1v) is 21.3. The van der Waals surface area contributed by atoms with Crippen LogP contribution in [0.25, 0.3) is 20.9 Å². The number of carbonyl (C=O) groups is 4. The molecule has 56 heavy (non-hydrogen) atoms. The smallest absolute Gasteiger partial charge is 0.350 e. The van der Waals surface area contributed by atoms with Crippen LogP contribution >= 0.6 is 22.7 Å². The fraction of sp³-hybridized carbons (Fsp3) is 0.455. The van der Waals surface area contributed by atoms with E-state index >= 15 is 0 Å². The van der Waals surface area contributed by atoms with Gasteiger partial charge in [-0.1, -0.05) is 99.2 Å². The van der Waals surface area contributed by atoms with Gasteiger partial charge < -0.3 is 30.0 Å². The Morgan fingerprint density at radius 2 is 1.07 bits per heavy atom. The largest absolute Gasteiger partial charge is 0.481 e. The van der Waals surface area contributed by atoms with Crippen molar-refractivity contribution in [2.45, 2.75) is 96.1 Å². The number of ether oxygens (including phenoxy) is 3. The van der Waals surface area contributed by atoms with E-state index in [1.54, 1.807) is 0 Å². The van der Waals surface area contributed by atoms with Crippen molar-refractivity contribution in [3.05, 3.63) is 82.6 Å². The number of anilines is 2. The molecule has 300 valence electrons. The van der Waals surface area contributed by atoms with Crippen molar-refractivity contribution >= 4 is 57.9 Å². The van der Waals surface area contributed by atoms with E-state index in [1.165, 1.54) is 62.6 Å². The van der Waals surface area contributed by atoms with Crippen LogP contribution in [0.4, 0.5) is 11.4 Å². The normalized spacial score (nSPS) is 15.7. The van der Waals surface area contributed by atoms with Gasteiger partial charge in [0.25, 0.3) is 0 Å². The topological polar surface area (TPSA) is 140 Å². The van der Waals surface area contributed by atoms with Crippen LogP contribution in [-0.4, -0.2) is 61.9 Å². The zero-order valence-corrected chi connectivity index (χ0v) is 34.2. The standard InChI is InChI=1S/C23H29NO4S.C21H25NO4S/c1-3-28-21(25)15-18(16-10-6-4-7-11-16)24-19-14-20(17-12-8-5-9-13-17)29-22(19)23(26)27-2;1-26-21(25)20-17(12-18(27-20)15-10-6-3-7-11-15)22-16(13-19(23)24)14-8-4-2-5-9-14/h5,8-9,12-14,16,18,24H,3-4,6-7,10-11,15H2,1-2H3;3,6-7,10-12,14,16,22H,2,4-5,8-9,13H2,1H3,(H,23,24). The second-order valence-electron chi connectivity index (χ2n) is 14.3. The van der Waals surface area contributed by atoms with Crippen molar-refractivity contribution in [2.75, 3.05) is 31.5 Å². The van der Waals surface area contributed by atoms with Crippen LogP contribution in [0.1, 0.15) is 103 Å². The van der Waals surface area contributed by atoms with Crippen LogP contribution in [0, 0.1) is 11.8 Å². The minimum atomic E-state index is -0.823. The highest BCUT2D eigenvalue weighted by molar-refractivity contribution is 7.18. The molecule has 2 aliphatic rings. The van der Waals surface area contributed by atoms with E-state index in [0.717, 1.165) is 65.1 Å². The maximum Gasteiger partial charge on any atom is 0.350 e. The van der Waals surface area contributed by atoms with E-state index in [9.17, 15) is 24.3 Å². The van der Waals surface area contributed by atoms with Gasteiger partial charge in [0.2, 0.25) is 0 Å². The molecule has 2 aliphatic carbocycles. The molecule has 2 saturated carbocycles. The fourth-order valence-electron chi connectivity index (χ4n) is 7.71. The molecule has 3 N–H and O–H groups in total. The highest BCUT2D eigenvalue weighted by atomic mass is 32.1. The first kappa shape index (κ1) is 42.5. The number of thiophene rings is 2. The Morgan fingerprint density at radius 3 is 1.45 bits per heavy atom. The van der Waals surface area contributed by atoms with Crippen molar-refractivity contribution in [3.63, 3.8) is 0 Å². The van der Waals surface area contributed by atoms with Gasteiger partial charge in [0.1, 0.15) is 9.75 Å². The number of benzene rings is 2. The molecule has 0 bridgehead atoms. The average Bonchev–Trinajstić information content (AvgIpc) is 3.86. The molecular formula is C44H54N2O8S2. The summed E-state index contributed by atoms with van der Waals surface area (Å²) in [6.07, 6.45) is 11.6. The number of rotatable bonds is 15. The molecule has 0 amide bonds. The summed E-state index contributed by atoms with van der Waals surface area (Å²) in [6.45, 7) is 2.20. The predicted molar refractivity (Wildman–Crippen MR) is 224 cm³/mol. The van der Waals surface area contributed by atoms with Gasteiger partial charge in [0.15, 0.2) is 0 Å². The summed E-state index contributed by atoms with van der Waals surface area (Å²) in [5, 5.41) is 16.3. The average molecular weight is 803 g/mol. The summed E-state index contributed by atoms with van der Waals surface area (Å²) in [5.74, 6) is -1.09. The van der Waals surface area contributed by atoms with E-state index in [0.29, 0.717) is 40.3 Å². The Balaban J connectivity index is 0.000000215. The molecule has 2 heterocycles. The summed E-state index contributed by atoms with van der Waals surface area (Å²) < 4.78 is 15.2. The number of nitrogens with one attached hydrogen (secondary N) is 2. The number of aliphatic carboxylic acids is 1. The molecule has 2 atom stereocenters. The molecular weight excluding hydrogens is 749 g/mol. The van der Waals surface area contributed by atoms with Crippen LogP contribution in [0.15, 0.2) is 72.8 Å². The van der Waals surface area contributed by atoms with Crippen LogP contribution in [0.5, 0.6) is 0 Å². The van der Waals surface area contributed by atoms with Crippen molar-refractivity contribution in [2.24, 2.45) is 11.8 Å². The van der Waals surface area contributed by atoms with Crippen LogP contribution in [0.2, 0.25) is 0 Å². The lowest BCUT2D eigenvalue weighted by atomic mass is 9.82. The first-order chi connectivity index (χ1) is 27.2. The van der Waals surface area contributed by atoms with Gasteiger partial charge in [-0.25, -0.2) is 9.59 Å². The SMILES string of the molecule is CCOC(=O)CC(Nc1cc(-c2ccccc2)sc1C(=O)OC)C1CCCCC1.COC(=O)c1sc(-c2ccccc2)cc1NC(CC(=O)O)C1CCCCC1. The van der Waals surface area contributed by atoms with Crippen LogP contribution < -0.4 is 10.6 Å². The Bertz CT molecular complexity index is 1860. The van der Waals surface area contributed by atoms with Crippen molar-refractivity contribution < 1.29 is 38.5 Å². The summed E-state index contributed by atoms with van der Waals surface area (Å²) in [7, 11) is 2.76. The van der Waals surface area contributed by atoms with Crippen molar-refractivity contribution in [3.8, 4) is 20.9 Å². The molecule has 4 aromatic rings. The zero-order chi connectivity index (χ0) is 39.9. The Labute approximate surface area is 338 Å². The summed E-state index contributed by atoms with van der Waals surface area (Å²) >= 11 is 2.78. The van der Waals surface area contributed by atoms with Gasteiger partial charge in [-0.2, -0.15) is 0 Å². The monoisotopic (exact) mass is 802 g/mol. The minimum absolute atomic E-state index is 0.0434. The minimum Gasteiger partial charge on any atom is -0.481 e. The van der Waals surface area contributed by atoms with Crippen molar-refractivity contribution in [1.29, 1.82) is 0 Å². The van der Waals surface area contributed by atoms with Gasteiger partial charge in [-0.3, -0.25) is 9.59 Å². The number of esters is 3. The fourth-order valence-corrected chi connectivity index (χ4v) is 9.80. The lowest BCUT2D eigenvalue weighted by molar-refractivity contribution is -0.143. The number of hydrogen-bond acceptors (Lipinski definition) is 11. The van der Waals surface area contributed by atoms with E-state index in [1.807, 2.05) is 79.7 Å². The third-order valence-corrected chi connectivity index (χ3v) is 12.9. The number of carboxylic acids is 1. The quantitative estimate of drug-likeness (QED) is 0.0786. The third kappa shape index (κ3) is 11.9. The molecule has 6 rings (SSSR count). The second-order valence-corrected chi connectivity index (χ2v) is 16.4. The molecule has 10 nitrogen and oxygen atoms in total. The van der Waals surface area contributed by atoms with Gasteiger partial charge in [0.05, 0.1) is 45.0 Å². The maximum absolute atomic E-state index is 12.4. The molecule has 0 radical (unpaired) electrons. The van der Waals surface area contributed by atoms with E-state index < -0.39 is 11.9 Å². The highest BCUT2D eigenvalue weighted by Crippen LogP contribution is 2.39. The molecule has 2 unspecified atom stereocenters. The summed E-state index contributed by atoms with van der Waals surface area (Å²) in [4.78, 5) is 51.3. The number of methoxy groups -OCH3 is 2. The number of carbonyl (C=O) groups excluding carboxylic acids is 3. The van der Waals surface area contributed by atoms with Gasteiger partial charge >= 0.3 is 23.9 Å². The van der Waals surface area contributed by atoms with Gasteiger partial charge in [0, 0.05) is 21.8 Å². The van der Waals surface area contributed by atoms with Gasteiger partial charge in [-0.15, -0.1) is 22.7 Å². The summed E-state index contributed by atoms with van der Waals surface area (Å²) in [5.41, 5.74) is 3.48. The maximum atomic E-state index is 12.4. The Hall–Kier alpha value is -4.68. The predicted octanol–water partition coefficient (Wildman–Crippen LogP) is 10.6. The molecule has 2 fully saturated rings. The zero-order valence-electron chi connectivity index (χ0n) is 32.6. The molecule has 12 heteroatoms. The van der Waals surface area contributed by atoms with Crippen LogP contribution in [0.3, 0.4) is 0 Å². The summed E-state index contributed by atoms with van der Waals surface area (Å²) in [6, 6.07) is 23.5. The number of hydrogen-bond donors (Lipinski definition) is 3. The Kier molecular flexibility index (Phi) is 16.4. The lowest BCUT2D eigenvalue weighted by Crippen LogP contribution is -2.34. The molecule has 0 aliphatic heterocycles. The third-order valence-electron chi connectivity index (χ3n) is 10.5. The first-order valence-electron chi connectivity index (χ1n) is 19.7. The lowest BCUT2D eigenvalue weighted by Gasteiger charge is -2.31. The number of carboxylic acid groups (broad SMARTS) is 1. The second kappa shape index (κ2) is 21.6. The molecule has 2 aromatic carbocycles. The van der Waals surface area contributed by atoms with E-state index in [2.05, 4.69) is 10.6 Å². The molecule has 0 saturated heterocycles. The molecule has 2 aromatic heterocycles. The van der Waals surface area contributed by atoms with Crippen LogP contribution in [-0.2, 0) is 23.8 Å². The van der Waals surface area contributed by atoms with Crippen molar-refractivity contribution in [1.82, 2.24) is 0 Å². The Morgan fingerprint density at radius 1 is 0.661 bits per heavy atom. The van der Waals surface area contributed by atoms with E-state index in [4.69, 9.17) is 14.2 Å². The van der Waals surface area contributed by atoms with Gasteiger partial charge in [-0.05, 0) is 67.7 Å². The van der Waals surface area contributed by atoms with E-state index in [-0.39, 0.29) is 30.4 Å². The highest BCUT2D eigenvalue weighted by Gasteiger charge is 2.30. The molecule has 0 spiro atoms.